The first kappa shape index (κ1) is 20.6. The summed E-state index contributed by atoms with van der Waals surface area (Å²) in [5.74, 6) is 2.00. The third-order valence-electron chi connectivity index (χ3n) is 4.74. The maximum Gasteiger partial charge on any atom is 0.226 e. The molecule has 0 bridgehead atoms. The Morgan fingerprint density at radius 3 is 2.48 bits per heavy atom. The third-order valence-corrected chi connectivity index (χ3v) is 4.74. The zero-order valence-electron chi connectivity index (χ0n) is 17.2. The molecule has 0 aliphatic rings. The van der Waals surface area contributed by atoms with E-state index >= 15 is 0 Å². The van der Waals surface area contributed by atoms with Crippen LogP contribution in [0.1, 0.15) is 38.1 Å². The molecule has 152 valence electrons. The highest BCUT2D eigenvalue weighted by molar-refractivity contribution is 5.76. The number of amides is 1. The van der Waals surface area contributed by atoms with Gasteiger partial charge in [-0.15, -0.1) is 0 Å². The minimum Gasteiger partial charge on any atom is -0.497 e. The Morgan fingerprint density at radius 2 is 1.83 bits per heavy atom. The summed E-state index contributed by atoms with van der Waals surface area (Å²) >= 11 is 0. The van der Waals surface area contributed by atoms with Crippen molar-refractivity contribution in [2.24, 2.45) is 0 Å². The van der Waals surface area contributed by atoms with E-state index in [4.69, 9.17) is 9.26 Å². The Labute approximate surface area is 171 Å². The summed E-state index contributed by atoms with van der Waals surface area (Å²) in [4.78, 5) is 19.1. The fraction of sp³-hybridized carbons (Fsp3) is 0.348. The summed E-state index contributed by atoms with van der Waals surface area (Å²) in [6, 6.07) is 17.7. The van der Waals surface area contributed by atoms with Crippen LogP contribution in [0.3, 0.4) is 0 Å². The Kier molecular flexibility index (Phi) is 7.00. The predicted molar refractivity (Wildman–Crippen MR) is 111 cm³/mol. The van der Waals surface area contributed by atoms with E-state index in [1.54, 1.807) is 7.11 Å². The molecule has 29 heavy (non-hydrogen) atoms. The second kappa shape index (κ2) is 9.87. The van der Waals surface area contributed by atoms with Crippen LogP contribution < -0.4 is 4.74 Å². The lowest BCUT2D eigenvalue weighted by Gasteiger charge is -2.27. The van der Waals surface area contributed by atoms with Gasteiger partial charge in [0.1, 0.15) is 5.75 Å². The normalized spacial score (nSPS) is 10.9. The van der Waals surface area contributed by atoms with Crippen LogP contribution in [0.4, 0.5) is 0 Å². The van der Waals surface area contributed by atoms with Crippen molar-refractivity contribution in [3.8, 4) is 17.1 Å². The molecule has 0 aliphatic carbocycles. The van der Waals surface area contributed by atoms with Crippen LogP contribution in [0.2, 0.25) is 0 Å². The van der Waals surface area contributed by atoms with Gasteiger partial charge in [0.25, 0.3) is 0 Å². The quantitative estimate of drug-likeness (QED) is 0.535. The molecule has 0 atom stereocenters. The van der Waals surface area contributed by atoms with E-state index < -0.39 is 0 Å². The highest BCUT2D eigenvalue weighted by atomic mass is 16.5. The third kappa shape index (κ3) is 5.67. The summed E-state index contributed by atoms with van der Waals surface area (Å²) in [7, 11) is 1.63. The molecule has 3 rings (SSSR count). The molecule has 0 unspecified atom stereocenters. The number of aromatic nitrogens is 2. The number of aryl methyl sites for hydroxylation is 1. The van der Waals surface area contributed by atoms with Crippen LogP contribution in [0.25, 0.3) is 11.4 Å². The van der Waals surface area contributed by atoms with Crippen molar-refractivity contribution >= 4 is 5.91 Å². The molecule has 0 aliphatic heterocycles. The molecule has 2 aromatic carbocycles. The van der Waals surface area contributed by atoms with Gasteiger partial charge < -0.3 is 14.2 Å². The van der Waals surface area contributed by atoms with Crippen LogP contribution in [0, 0.1) is 0 Å². The molecular weight excluding hydrogens is 366 g/mol. The molecule has 0 fully saturated rings. The number of benzene rings is 2. The zero-order valence-corrected chi connectivity index (χ0v) is 17.2. The number of hydrogen-bond donors (Lipinski definition) is 0. The average molecular weight is 393 g/mol. The lowest BCUT2D eigenvalue weighted by Crippen LogP contribution is -2.36. The van der Waals surface area contributed by atoms with E-state index in [2.05, 4.69) is 10.1 Å². The van der Waals surface area contributed by atoms with E-state index in [0.29, 0.717) is 37.5 Å². The van der Waals surface area contributed by atoms with Crippen LogP contribution in [-0.2, 0) is 17.8 Å². The number of methoxy groups -OCH3 is 1. The smallest absolute Gasteiger partial charge is 0.226 e. The largest absolute Gasteiger partial charge is 0.497 e. The fourth-order valence-electron chi connectivity index (χ4n) is 3.09. The Morgan fingerprint density at radius 1 is 1.10 bits per heavy atom. The highest BCUT2D eigenvalue weighted by Gasteiger charge is 2.17. The molecule has 0 spiro atoms. The summed E-state index contributed by atoms with van der Waals surface area (Å²) in [6.45, 7) is 4.71. The van der Waals surface area contributed by atoms with E-state index in [9.17, 15) is 4.79 Å². The minimum absolute atomic E-state index is 0.138. The van der Waals surface area contributed by atoms with Crippen molar-refractivity contribution in [2.45, 2.75) is 45.7 Å². The molecule has 0 saturated carbocycles. The Hall–Kier alpha value is -3.15. The van der Waals surface area contributed by atoms with Crippen molar-refractivity contribution in [1.29, 1.82) is 0 Å². The predicted octanol–water partition coefficient (Wildman–Crippen LogP) is 4.51. The fourth-order valence-corrected chi connectivity index (χ4v) is 3.09. The summed E-state index contributed by atoms with van der Waals surface area (Å²) in [5.41, 5.74) is 2.00. The first-order chi connectivity index (χ1) is 14.1. The summed E-state index contributed by atoms with van der Waals surface area (Å²) in [5, 5.41) is 4.04. The number of carbonyl (C=O) groups is 1. The summed E-state index contributed by atoms with van der Waals surface area (Å²) < 4.78 is 10.5. The van der Waals surface area contributed by atoms with Gasteiger partial charge in [0, 0.05) is 31.0 Å². The topological polar surface area (TPSA) is 68.5 Å². The number of rotatable bonds is 9. The van der Waals surface area contributed by atoms with Gasteiger partial charge in [-0.3, -0.25) is 4.79 Å². The van der Waals surface area contributed by atoms with Crippen LogP contribution >= 0.6 is 0 Å². The van der Waals surface area contributed by atoms with Gasteiger partial charge >= 0.3 is 0 Å². The van der Waals surface area contributed by atoms with Crippen LogP contribution in [0.5, 0.6) is 5.75 Å². The van der Waals surface area contributed by atoms with E-state index in [-0.39, 0.29) is 11.9 Å². The molecule has 1 amide bonds. The molecule has 3 aromatic rings. The second-order valence-electron chi connectivity index (χ2n) is 7.19. The second-order valence-corrected chi connectivity index (χ2v) is 7.19. The van der Waals surface area contributed by atoms with Crippen molar-refractivity contribution < 1.29 is 14.1 Å². The molecule has 1 heterocycles. The maximum absolute atomic E-state index is 12.7. The van der Waals surface area contributed by atoms with Gasteiger partial charge in [0.2, 0.25) is 17.6 Å². The molecule has 6 nitrogen and oxygen atoms in total. The van der Waals surface area contributed by atoms with Crippen molar-refractivity contribution in [3.63, 3.8) is 0 Å². The van der Waals surface area contributed by atoms with Gasteiger partial charge in [-0.1, -0.05) is 35.5 Å². The first-order valence-corrected chi connectivity index (χ1v) is 9.87. The van der Waals surface area contributed by atoms with Crippen LogP contribution in [-0.4, -0.2) is 34.1 Å². The SMILES string of the molecule is COc1ccc(-c2noc(CCCC(=O)N(Cc3ccccc3)C(C)C)n2)cc1. The van der Waals surface area contributed by atoms with Gasteiger partial charge in [0.05, 0.1) is 7.11 Å². The molecular formula is C23H27N3O3. The monoisotopic (exact) mass is 393 g/mol. The molecule has 1 aromatic heterocycles. The molecule has 6 heteroatoms. The number of hydrogen-bond acceptors (Lipinski definition) is 5. The molecule has 0 N–H and O–H groups in total. The minimum atomic E-state index is 0.138. The number of ether oxygens (including phenoxy) is 1. The molecule has 0 saturated heterocycles. The number of nitrogens with zero attached hydrogens (tertiary/aromatic N) is 3. The standard InChI is InChI=1S/C23H27N3O3/c1-17(2)26(16-18-8-5-4-6-9-18)22(27)11-7-10-21-24-23(25-29-21)19-12-14-20(28-3)15-13-19/h4-6,8-9,12-15,17H,7,10-11,16H2,1-3H3. The lowest BCUT2D eigenvalue weighted by atomic mass is 10.1. The first-order valence-electron chi connectivity index (χ1n) is 9.87. The lowest BCUT2D eigenvalue weighted by molar-refractivity contribution is -0.133. The molecule has 0 radical (unpaired) electrons. The maximum atomic E-state index is 12.7. The zero-order chi connectivity index (χ0) is 20.6. The van der Waals surface area contributed by atoms with E-state index in [1.165, 1.54) is 0 Å². The van der Waals surface area contributed by atoms with E-state index in [0.717, 1.165) is 16.9 Å². The number of carbonyl (C=O) groups excluding carboxylic acids is 1. The summed E-state index contributed by atoms with van der Waals surface area (Å²) in [6.07, 6.45) is 1.69. The Balaban J connectivity index is 1.53. The van der Waals surface area contributed by atoms with Crippen molar-refractivity contribution in [2.75, 3.05) is 7.11 Å². The van der Waals surface area contributed by atoms with Gasteiger partial charge in [-0.2, -0.15) is 4.98 Å². The Bertz CT molecular complexity index is 905. The van der Waals surface area contributed by atoms with Gasteiger partial charge in [0.15, 0.2) is 0 Å². The highest BCUT2D eigenvalue weighted by Crippen LogP contribution is 2.20. The van der Waals surface area contributed by atoms with Crippen LogP contribution in [0.15, 0.2) is 59.1 Å². The van der Waals surface area contributed by atoms with Crippen molar-refractivity contribution in [1.82, 2.24) is 15.0 Å². The van der Waals surface area contributed by atoms with E-state index in [1.807, 2.05) is 73.3 Å². The van der Waals surface area contributed by atoms with Gasteiger partial charge in [-0.05, 0) is 50.1 Å². The van der Waals surface area contributed by atoms with Gasteiger partial charge in [-0.25, -0.2) is 0 Å². The van der Waals surface area contributed by atoms with Crippen molar-refractivity contribution in [3.05, 3.63) is 66.1 Å². The average Bonchev–Trinajstić information content (AvgIpc) is 3.21.